The lowest BCUT2D eigenvalue weighted by molar-refractivity contribution is 0.544. The van der Waals surface area contributed by atoms with Gasteiger partial charge in [0.05, 0.1) is 4.90 Å². The van der Waals surface area contributed by atoms with Gasteiger partial charge in [0.2, 0.25) is 10.0 Å². The van der Waals surface area contributed by atoms with Crippen molar-refractivity contribution in [3.8, 4) is 0 Å². The normalized spacial score (nSPS) is 13.8. The van der Waals surface area contributed by atoms with Crippen LogP contribution in [0.1, 0.15) is 20.3 Å². The Morgan fingerprint density at radius 2 is 1.83 bits per heavy atom. The zero-order chi connectivity index (χ0) is 13.8. The molecule has 0 spiro atoms. The summed E-state index contributed by atoms with van der Waals surface area (Å²) in [4.78, 5) is 0.0392. The van der Waals surface area contributed by atoms with Crippen molar-refractivity contribution in [1.29, 1.82) is 0 Å². The van der Waals surface area contributed by atoms with Gasteiger partial charge in [0, 0.05) is 11.9 Å². The first-order valence-corrected chi connectivity index (χ1v) is 7.62. The van der Waals surface area contributed by atoms with E-state index in [4.69, 9.17) is 11.6 Å². The molecule has 1 aromatic rings. The van der Waals surface area contributed by atoms with E-state index >= 15 is 0 Å². The fourth-order valence-corrected chi connectivity index (χ4v) is 3.10. The van der Waals surface area contributed by atoms with Crippen LogP contribution in [0.15, 0.2) is 29.2 Å². The molecule has 0 fully saturated rings. The molecule has 0 amide bonds. The summed E-state index contributed by atoms with van der Waals surface area (Å²) in [5, 5.41) is -0.250. The predicted octanol–water partition coefficient (Wildman–Crippen LogP) is 2.76. The number of hydrogen-bond donors (Lipinski definition) is 1. The maximum absolute atomic E-state index is 12.7. The van der Waals surface area contributed by atoms with Crippen molar-refractivity contribution < 1.29 is 12.8 Å². The lowest BCUT2D eigenvalue weighted by Gasteiger charge is -2.13. The van der Waals surface area contributed by atoms with E-state index in [-0.39, 0.29) is 16.8 Å². The summed E-state index contributed by atoms with van der Waals surface area (Å²) in [5.74, 6) is -0.0631. The maximum atomic E-state index is 12.7. The van der Waals surface area contributed by atoms with Gasteiger partial charge in [-0.2, -0.15) is 0 Å². The van der Waals surface area contributed by atoms with Crippen LogP contribution in [0.5, 0.6) is 0 Å². The lowest BCUT2D eigenvalue weighted by atomic mass is 10.1. The van der Waals surface area contributed by atoms with E-state index < -0.39 is 15.8 Å². The minimum Gasteiger partial charge on any atom is -0.210 e. The van der Waals surface area contributed by atoms with Crippen LogP contribution in [0.2, 0.25) is 0 Å². The van der Waals surface area contributed by atoms with Crippen molar-refractivity contribution >= 4 is 21.6 Å². The summed E-state index contributed by atoms with van der Waals surface area (Å²) in [6.07, 6.45) is 0.730. The Balaban J connectivity index is 2.63. The zero-order valence-electron chi connectivity index (χ0n) is 10.4. The van der Waals surface area contributed by atoms with Crippen molar-refractivity contribution in [2.75, 3.05) is 6.54 Å². The number of hydrogen-bond acceptors (Lipinski definition) is 2. The topological polar surface area (TPSA) is 46.2 Å². The Hall–Kier alpha value is -0.650. The fourth-order valence-electron chi connectivity index (χ4n) is 1.49. The highest BCUT2D eigenvalue weighted by atomic mass is 35.5. The molecule has 18 heavy (non-hydrogen) atoms. The summed E-state index contributed by atoms with van der Waals surface area (Å²) in [5.41, 5.74) is 0. The summed E-state index contributed by atoms with van der Waals surface area (Å²) >= 11 is 6.01. The molecule has 1 unspecified atom stereocenters. The summed E-state index contributed by atoms with van der Waals surface area (Å²) in [6, 6.07) is 4.68. The van der Waals surface area contributed by atoms with Crippen LogP contribution in [0, 0.1) is 11.7 Å². The van der Waals surface area contributed by atoms with Crippen LogP contribution < -0.4 is 4.72 Å². The van der Waals surface area contributed by atoms with Gasteiger partial charge in [0.25, 0.3) is 0 Å². The molecule has 3 nitrogen and oxygen atoms in total. The Kier molecular flexibility index (Phi) is 5.56. The van der Waals surface area contributed by atoms with E-state index in [1.54, 1.807) is 0 Å². The third-order valence-corrected chi connectivity index (χ3v) is 4.12. The van der Waals surface area contributed by atoms with Gasteiger partial charge in [-0.3, -0.25) is 0 Å². The first kappa shape index (κ1) is 15.4. The van der Waals surface area contributed by atoms with E-state index in [2.05, 4.69) is 4.72 Å². The molecule has 102 valence electrons. The van der Waals surface area contributed by atoms with Crippen molar-refractivity contribution in [2.24, 2.45) is 5.92 Å². The van der Waals surface area contributed by atoms with E-state index in [1.165, 1.54) is 12.1 Å². The van der Waals surface area contributed by atoms with E-state index in [0.29, 0.717) is 5.92 Å². The molecule has 0 aromatic heterocycles. The predicted molar refractivity (Wildman–Crippen MR) is 70.7 cm³/mol. The van der Waals surface area contributed by atoms with Crippen molar-refractivity contribution in [3.05, 3.63) is 30.1 Å². The molecule has 1 atom stereocenters. The number of sulfonamides is 1. The second-order valence-corrected chi connectivity index (χ2v) is 6.92. The Morgan fingerprint density at radius 1 is 1.28 bits per heavy atom. The molecule has 0 heterocycles. The Bertz CT molecular complexity index is 473. The zero-order valence-corrected chi connectivity index (χ0v) is 11.9. The van der Waals surface area contributed by atoms with Gasteiger partial charge in [0.15, 0.2) is 0 Å². The molecule has 0 radical (unpaired) electrons. The van der Waals surface area contributed by atoms with E-state index in [0.717, 1.165) is 18.6 Å². The molecule has 1 aromatic carbocycles. The van der Waals surface area contributed by atoms with Crippen molar-refractivity contribution in [2.45, 2.75) is 30.5 Å². The highest BCUT2D eigenvalue weighted by Crippen LogP contribution is 2.12. The van der Waals surface area contributed by atoms with Crippen molar-refractivity contribution in [3.63, 3.8) is 0 Å². The van der Waals surface area contributed by atoms with Gasteiger partial charge in [-0.1, -0.05) is 13.8 Å². The first-order chi connectivity index (χ1) is 8.31. The highest BCUT2D eigenvalue weighted by molar-refractivity contribution is 7.89. The average molecular weight is 294 g/mol. The van der Waals surface area contributed by atoms with Crippen LogP contribution in [-0.4, -0.2) is 20.3 Å². The number of rotatable bonds is 6. The quantitative estimate of drug-likeness (QED) is 0.820. The molecule has 1 N–H and O–H groups in total. The van der Waals surface area contributed by atoms with Crippen LogP contribution in [0.3, 0.4) is 0 Å². The van der Waals surface area contributed by atoms with Gasteiger partial charge >= 0.3 is 0 Å². The molecule has 0 aliphatic carbocycles. The Labute approximate surface area is 112 Å². The molecular formula is C12H17ClFNO2S. The molecule has 0 saturated carbocycles. The summed E-state index contributed by atoms with van der Waals surface area (Å²) in [7, 11) is -3.61. The fraction of sp³-hybridized carbons (Fsp3) is 0.500. The summed E-state index contributed by atoms with van der Waals surface area (Å²) < 4.78 is 38.8. The highest BCUT2D eigenvalue weighted by Gasteiger charge is 2.16. The van der Waals surface area contributed by atoms with Gasteiger partial charge in [-0.05, 0) is 36.6 Å². The van der Waals surface area contributed by atoms with Gasteiger partial charge in [-0.15, -0.1) is 11.6 Å². The lowest BCUT2D eigenvalue weighted by Crippen LogP contribution is -2.30. The molecule has 0 saturated heterocycles. The summed E-state index contributed by atoms with van der Waals surface area (Å²) in [6.45, 7) is 4.20. The Morgan fingerprint density at radius 3 is 2.33 bits per heavy atom. The van der Waals surface area contributed by atoms with E-state index in [9.17, 15) is 12.8 Å². The second-order valence-electron chi connectivity index (χ2n) is 4.53. The number of benzene rings is 1. The second kappa shape index (κ2) is 6.50. The standard InChI is InChI=1S/C12H17ClFNO2S/c1-9(2)7-10(13)8-15-18(16,17)12-5-3-11(14)4-6-12/h3-6,9-10,15H,7-8H2,1-2H3. The first-order valence-electron chi connectivity index (χ1n) is 5.70. The van der Waals surface area contributed by atoms with Crippen LogP contribution in [0.4, 0.5) is 4.39 Å². The van der Waals surface area contributed by atoms with Gasteiger partial charge in [-0.25, -0.2) is 17.5 Å². The van der Waals surface area contributed by atoms with Gasteiger partial charge in [0.1, 0.15) is 5.82 Å². The van der Waals surface area contributed by atoms with Crippen molar-refractivity contribution in [1.82, 2.24) is 4.72 Å². The third kappa shape index (κ3) is 4.92. The van der Waals surface area contributed by atoms with Crippen LogP contribution in [-0.2, 0) is 10.0 Å². The van der Waals surface area contributed by atoms with Crippen LogP contribution in [0.25, 0.3) is 0 Å². The van der Waals surface area contributed by atoms with E-state index in [1.807, 2.05) is 13.8 Å². The monoisotopic (exact) mass is 293 g/mol. The minimum atomic E-state index is -3.61. The molecule has 0 aliphatic rings. The third-order valence-electron chi connectivity index (χ3n) is 2.35. The maximum Gasteiger partial charge on any atom is 0.240 e. The molecule has 1 rings (SSSR count). The number of halogens is 2. The minimum absolute atomic E-state index is 0.0392. The van der Waals surface area contributed by atoms with Crippen LogP contribution >= 0.6 is 11.6 Å². The molecule has 0 aliphatic heterocycles. The number of nitrogens with one attached hydrogen (secondary N) is 1. The largest absolute Gasteiger partial charge is 0.240 e. The molecular weight excluding hydrogens is 277 g/mol. The van der Waals surface area contributed by atoms with Gasteiger partial charge < -0.3 is 0 Å². The average Bonchev–Trinajstić information content (AvgIpc) is 2.26. The SMILES string of the molecule is CC(C)CC(Cl)CNS(=O)(=O)c1ccc(F)cc1. The molecule has 6 heteroatoms. The molecule has 0 bridgehead atoms. The smallest absolute Gasteiger partial charge is 0.210 e. The number of alkyl halides is 1.